The molecule has 1 rings (SSSR count). The van der Waals surface area contributed by atoms with Gasteiger partial charge in [0.1, 0.15) is 6.04 Å². The zero-order chi connectivity index (χ0) is 11.1. The average molecular weight is 213 g/mol. The van der Waals surface area contributed by atoms with Gasteiger partial charge in [0.25, 0.3) is 0 Å². The molecule has 1 aliphatic heterocycles. The van der Waals surface area contributed by atoms with Crippen molar-refractivity contribution in [1.29, 1.82) is 0 Å². The number of nitrogens with two attached hydrogens (primary N) is 1. The van der Waals surface area contributed by atoms with E-state index >= 15 is 0 Å². The third-order valence-electron chi connectivity index (χ3n) is 2.28. The number of nitrogens with zero attached hydrogens (tertiary/aromatic N) is 3. The molecule has 1 saturated heterocycles. The van der Waals surface area contributed by atoms with Crippen LogP contribution >= 0.6 is 0 Å². The van der Waals surface area contributed by atoms with E-state index in [0.29, 0.717) is 19.7 Å². The molecule has 0 spiro atoms. The van der Waals surface area contributed by atoms with Gasteiger partial charge in [0.05, 0.1) is 6.10 Å². The number of rotatable bonds is 6. The molecule has 0 radical (unpaired) electrons. The average Bonchev–Trinajstić information content (AvgIpc) is 2.70. The second-order valence-corrected chi connectivity index (χ2v) is 3.34. The molecule has 2 atom stereocenters. The number of carbonyl (C=O) groups excluding carboxylic acids is 1. The maximum absolute atomic E-state index is 11.1. The van der Waals surface area contributed by atoms with Crippen molar-refractivity contribution in [3.8, 4) is 0 Å². The van der Waals surface area contributed by atoms with E-state index < -0.39 is 11.9 Å². The zero-order valence-electron chi connectivity index (χ0n) is 8.43. The first-order chi connectivity index (χ1) is 7.25. The summed E-state index contributed by atoms with van der Waals surface area (Å²) in [5.41, 5.74) is 13.3. The lowest BCUT2D eigenvalue weighted by molar-refractivity contribution is -0.123. The highest BCUT2D eigenvalue weighted by Gasteiger charge is 2.29. The minimum atomic E-state index is -0.485. The molecular weight excluding hydrogens is 198 g/mol. The Bertz CT molecular complexity index is 258. The first-order valence-electron chi connectivity index (χ1n) is 4.91. The number of ether oxygens (including phenoxy) is 1. The van der Waals surface area contributed by atoms with Crippen LogP contribution in [0.25, 0.3) is 10.4 Å². The van der Waals surface area contributed by atoms with Gasteiger partial charge in [-0.25, -0.2) is 0 Å². The number of hydrogen-bond donors (Lipinski definition) is 2. The number of azide groups is 1. The van der Waals surface area contributed by atoms with E-state index in [9.17, 15) is 4.79 Å². The lowest BCUT2D eigenvalue weighted by Crippen LogP contribution is -2.49. The number of hydrogen-bond acceptors (Lipinski definition) is 4. The molecule has 3 N–H and O–H groups in total. The van der Waals surface area contributed by atoms with Crippen LogP contribution in [0.5, 0.6) is 0 Å². The predicted molar refractivity (Wildman–Crippen MR) is 54.0 cm³/mol. The van der Waals surface area contributed by atoms with E-state index in [1.807, 2.05) is 0 Å². The van der Waals surface area contributed by atoms with Crippen molar-refractivity contribution in [2.24, 2.45) is 10.8 Å². The molecule has 1 aliphatic rings. The Morgan fingerprint density at radius 2 is 2.60 bits per heavy atom. The third-order valence-corrected chi connectivity index (χ3v) is 2.28. The molecular formula is C8H15N5O2. The quantitative estimate of drug-likeness (QED) is 0.278. The summed E-state index contributed by atoms with van der Waals surface area (Å²) in [5.74, 6) is -0.428. The van der Waals surface area contributed by atoms with Crippen LogP contribution in [0.2, 0.25) is 0 Å². The summed E-state index contributed by atoms with van der Waals surface area (Å²) in [5, 5.41) is 6.29. The summed E-state index contributed by atoms with van der Waals surface area (Å²) >= 11 is 0. The van der Waals surface area contributed by atoms with Crippen LogP contribution in [0.4, 0.5) is 0 Å². The molecule has 0 aromatic rings. The molecule has 1 heterocycles. The van der Waals surface area contributed by atoms with Crippen molar-refractivity contribution < 1.29 is 9.53 Å². The van der Waals surface area contributed by atoms with Gasteiger partial charge in [-0.15, -0.1) is 0 Å². The van der Waals surface area contributed by atoms with Gasteiger partial charge in [0.2, 0.25) is 5.91 Å². The minimum absolute atomic E-state index is 0.145. The van der Waals surface area contributed by atoms with E-state index in [1.165, 1.54) is 0 Å². The molecule has 84 valence electrons. The number of primary amides is 1. The van der Waals surface area contributed by atoms with Crippen molar-refractivity contribution in [2.75, 3.05) is 19.7 Å². The first kappa shape index (κ1) is 11.8. The summed E-state index contributed by atoms with van der Waals surface area (Å²) in [7, 11) is 0. The van der Waals surface area contributed by atoms with Crippen molar-refractivity contribution in [1.82, 2.24) is 5.32 Å². The lowest BCUT2D eigenvalue weighted by Gasteiger charge is -2.20. The molecule has 0 aromatic heterocycles. The fourth-order valence-corrected chi connectivity index (χ4v) is 1.60. The molecule has 15 heavy (non-hydrogen) atoms. The Balaban J connectivity index is 2.36. The van der Waals surface area contributed by atoms with Crippen LogP contribution in [-0.4, -0.2) is 37.7 Å². The van der Waals surface area contributed by atoms with E-state index in [-0.39, 0.29) is 6.10 Å². The molecule has 7 nitrogen and oxygen atoms in total. The van der Waals surface area contributed by atoms with Crippen molar-refractivity contribution in [3.63, 3.8) is 0 Å². The Labute approximate surface area is 87.6 Å². The van der Waals surface area contributed by atoms with Crippen LogP contribution < -0.4 is 11.1 Å². The van der Waals surface area contributed by atoms with Gasteiger partial charge in [-0.1, -0.05) is 5.11 Å². The highest BCUT2D eigenvalue weighted by atomic mass is 16.5. The van der Waals surface area contributed by atoms with Gasteiger partial charge >= 0.3 is 0 Å². The zero-order valence-corrected chi connectivity index (χ0v) is 8.43. The summed E-state index contributed by atoms with van der Waals surface area (Å²) < 4.78 is 5.37. The molecule has 0 aliphatic carbocycles. The smallest absolute Gasteiger partial charge is 0.237 e. The predicted octanol–water partition coefficient (Wildman–Crippen LogP) is -0.0808. The van der Waals surface area contributed by atoms with Gasteiger partial charge in [0, 0.05) is 24.6 Å². The van der Waals surface area contributed by atoms with Gasteiger partial charge in [-0.3, -0.25) is 4.79 Å². The molecule has 1 fully saturated rings. The van der Waals surface area contributed by atoms with Crippen LogP contribution in [0.1, 0.15) is 12.8 Å². The Morgan fingerprint density at radius 1 is 1.80 bits per heavy atom. The molecule has 0 aromatic carbocycles. The van der Waals surface area contributed by atoms with E-state index in [2.05, 4.69) is 15.3 Å². The summed E-state index contributed by atoms with van der Waals surface area (Å²) in [6, 6.07) is -0.485. The van der Waals surface area contributed by atoms with Gasteiger partial charge in [-0.2, -0.15) is 0 Å². The summed E-state index contributed by atoms with van der Waals surface area (Å²) in [6.45, 7) is 1.40. The normalized spacial score (nSPS) is 22.0. The minimum Gasteiger partial charge on any atom is -0.376 e. The van der Waals surface area contributed by atoms with Crippen LogP contribution in [0.3, 0.4) is 0 Å². The summed E-state index contributed by atoms with van der Waals surface area (Å²) in [6.07, 6.45) is 1.64. The number of amides is 1. The van der Waals surface area contributed by atoms with Crippen molar-refractivity contribution in [2.45, 2.75) is 25.0 Å². The van der Waals surface area contributed by atoms with E-state index in [4.69, 9.17) is 16.0 Å². The Kier molecular flexibility index (Phi) is 4.89. The fourth-order valence-electron chi connectivity index (χ4n) is 1.60. The van der Waals surface area contributed by atoms with Crippen LogP contribution in [0, 0.1) is 0 Å². The van der Waals surface area contributed by atoms with Crippen LogP contribution in [0.15, 0.2) is 5.11 Å². The standard InChI is InChI=1S/C8H15N5O2/c9-8(14)7(6-2-1-5-15-6)11-3-4-12-13-10/h6-7,11H,1-5H2,(H2,9,14). The maximum atomic E-state index is 11.1. The molecule has 7 heteroatoms. The maximum Gasteiger partial charge on any atom is 0.237 e. The SMILES string of the molecule is [N-]=[N+]=NCCNC(C(N)=O)C1CCCO1. The van der Waals surface area contributed by atoms with E-state index in [0.717, 1.165) is 12.8 Å². The summed E-state index contributed by atoms with van der Waals surface area (Å²) in [4.78, 5) is 13.7. The Hall–Kier alpha value is -1.30. The van der Waals surface area contributed by atoms with Gasteiger partial charge in [-0.05, 0) is 18.4 Å². The number of nitrogens with one attached hydrogen (secondary N) is 1. The second kappa shape index (κ2) is 6.23. The molecule has 2 unspecified atom stereocenters. The fraction of sp³-hybridized carbons (Fsp3) is 0.875. The highest BCUT2D eigenvalue weighted by molar-refractivity contribution is 5.80. The monoisotopic (exact) mass is 213 g/mol. The Morgan fingerprint density at radius 3 is 3.13 bits per heavy atom. The highest BCUT2D eigenvalue weighted by Crippen LogP contribution is 2.15. The third kappa shape index (κ3) is 3.75. The molecule has 0 saturated carbocycles. The molecule has 1 amide bonds. The molecule has 0 bridgehead atoms. The largest absolute Gasteiger partial charge is 0.376 e. The van der Waals surface area contributed by atoms with Crippen molar-refractivity contribution >= 4 is 5.91 Å². The topological polar surface area (TPSA) is 113 Å². The first-order valence-corrected chi connectivity index (χ1v) is 4.91. The second-order valence-electron chi connectivity index (χ2n) is 3.34. The van der Waals surface area contributed by atoms with Crippen molar-refractivity contribution in [3.05, 3.63) is 10.4 Å². The van der Waals surface area contributed by atoms with Crippen LogP contribution in [-0.2, 0) is 9.53 Å². The lowest BCUT2D eigenvalue weighted by atomic mass is 10.1. The number of carbonyl (C=O) groups is 1. The van der Waals surface area contributed by atoms with Gasteiger partial charge < -0.3 is 15.8 Å². The van der Waals surface area contributed by atoms with Gasteiger partial charge in [0.15, 0.2) is 0 Å². The van der Waals surface area contributed by atoms with E-state index in [1.54, 1.807) is 0 Å².